The maximum atomic E-state index is 10.7. The van der Waals surface area contributed by atoms with E-state index >= 15 is 0 Å². The first-order chi connectivity index (χ1) is 6.81. The number of rotatable bonds is 2. The van der Waals surface area contributed by atoms with Crippen LogP contribution in [-0.4, -0.2) is 26.0 Å². The zero-order valence-corrected chi connectivity index (χ0v) is 7.58. The minimum absolute atomic E-state index is 0.395. The van der Waals surface area contributed by atoms with E-state index in [1.165, 1.54) is 6.33 Å². The smallest absolute Gasteiger partial charge is 0.171 e. The maximum absolute atomic E-state index is 10.7. The van der Waals surface area contributed by atoms with Crippen molar-refractivity contribution < 1.29 is 4.79 Å². The van der Waals surface area contributed by atoms with Crippen LogP contribution in [0.4, 0.5) is 0 Å². The standard InChI is InChI=1S/C9H8N4O/c1-13-4-7(9(5-14)12-13)8-2-3-10-6-11-8/h2-6H,1H3. The molecule has 2 heterocycles. The molecule has 0 spiro atoms. The molecule has 2 aromatic heterocycles. The number of aldehydes is 1. The van der Waals surface area contributed by atoms with Crippen LogP contribution in [0.5, 0.6) is 0 Å². The molecule has 0 aliphatic rings. The van der Waals surface area contributed by atoms with Crippen LogP contribution in [0.3, 0.4) is 0 Å². The third-order valence-electron chi connectivity index (χ3n) is 1.83. The summed E-state index contributed by atoms with van der Waals surface area (Å²) in [4.78, 5) is 18.5. The first-order valence-electron chi connectivity index (χ1n) is 4.06. The lowest BCUT2D eigenvalue weighted by atomic mass is 10.2. The summed E-state index contributed by atoms with van der Waals surface area (Å²) in [5.74, 6) is 0. The lowest BCUT2D eigenvalue weighted by Gasteiger charge is -1.94. The third-order valence-corrected chi connectivity index (χ3v) is 1.83. The van der Waals surface area contributed by atoms with Crippen molar-refractivity contribution in [2.45, 2.75) is 0 Å². The molecule has 2 rings (SSSR count). The van der Waals surface area contributed by atoms with Gasteiger partial charge in [0, 0.05) is 25.0 Å². The summed E-state index contributed by atoms with van der Waals surface area (Å²) in [6.07, 6.45) is 5.55. The van der Waals surface area contributed by atoms with Crippen molar-refractivity contribution in [2.75, 3.05) is 0 Å². The van der Waals surface area contributed by atoms with Crippen molar-refractivity contribution in [3.63, 3.8) is 0 Å². The maximum Gasteiger partial charge on any atom is 0.171 e. The number of aromatic nitrogens is 4. The van der Waals surface area contributed by atoms with Crippen LogP contribution in [0.15, 0.2) is 24.8 Å². The third kappa shape index (κ3) is 1.39. The highest BCUT2D eigenvalue weighted by atomic mass is 16.1. The zero-order chi connectivity index (χ0) is 9.97. The van der Waals surface area contributed by atoms with E-state index in [1.807, 2.05) is 0 Å². The number of carbonyl (C=O) groups is 1. The summed E-state index contributed by atoms with van der Waals surface area (Å²) in [5, 5.41) is 3.99. The molecule has 0 unspecified atom stereocenters. The Morgan fingerprint density at radius 1 is 1.50 bits per heavy atom. The molecule has 0 saturated heterocycles. The van der Waals surface area contributed by atoms with E-state index in [2.05, 4.69) is 15.1 Å². The normalized spacial score (nSPS) is 10.1. The Morgan fingerprint density at radius 2 is 2.36 bits per heavy atom. The minimum Gasteiger partial charge on any atom is -0.296 e. The van der Waals surface area contributed by atoms with Gasteiger partial charge >= 0.3 is 0 Å². The highest BCUT2D eigenvalue weighted by molar-refractivity contribution is 5.83. The monoisotopic (exact) mass is 188 g/mol. The van der Waals surface area contributed by atoms with Gasteiger partial charge in [0.1, 0.15) is 12.0 Å². The number of nitrogens with zero attached hydrogens (tertiary/aromatic N) is 4. The predicted octanol–water partition coefficient (Wildman–Crippen LogP) is 0.690. The molecule has 14 heavy (non-hydrogen) atoms. The fourth-order valence-electron chi connectivity index (χ4n) is 1.24. The van der Waals surface area contributed by atoms with Gasteiger partial charge in [-0.25, -0.2) is 9.97 Å². The molecule has 0 aliphatic carbocycles. The molecule has 0 aliphatic heterocycles. The molecule has 0 N–H and O–H groups in total. The van der Waals surface area contributed by atoms with E-state index < -0.39 is 0 Å². The van der Waals surface area contributed by atoms with E-state index in [9.17, 15) is 4.79 Å². The Bertz CT molecular complexity index is 449. The first-order valence-corrected chi connectivity index (χ1v) is 4.06. The van der Waals surface area contributed by atoms with Crippen LogP contribution in [0.1, 0.15) is 10.5 Å². The second-order valence-corrected chi connectivity index (χ2v) is 2.81. The fraction of sp³-hybridized carbons (Fsp3) is 0.111. The van der Waals surface area contributed by atoms with Gasteiger partial charge < -0.3 is 0 Å². The molecule has 2 aromatic rings. The number of carbonyl (C=O) groups excluding carboxylic acids is 1. The first kappa shape index (κ1) is 8.55. The van der Waals surface area contributed by atoms with Gasteiger partial charge in [-0.05, 0) is 6.07 Å². The van der Waals surface area contributed by atoms with Gasteiger partial charge in [-0.1, -0.05) is 0 Å². The van der Waals surface area contributed by atoms with Gasteiger partial charge in [0.2, 0.25) is 0 Å². The SMILES string of the molecule is Cn1cc(-c2ccncn2)c(C=O)n1. The average Bonchev–Trinajstić information content (AvgIpc) is 2.61. The average molecular weight is 188 g/mol. The zero-order valence-electron chi connectivity index (χ0n) is 7.58. The minimum atomic E-state index is 0.395. The van der Waals surface area contributed by atoms with E-state index in [-0.39, 0.29) is 0 Å². The van der Waals surface area contributed by atoms with Gasteiger partial charge in [0.25, 0.3) is 0 Å². The molecule has 5 heteroatoms. The summed E-state index contributed by atoms with van der Waals surface area (Å²) in [5.41, 5.74) is 1.83. The molecule has 0 atom stereocenters. The quantitative estimate of drug-likeness (QED) is 0.650. The molecule has 0 amide bonds. The molecule has 0 bridgehead atoms. The Labute approximate surface area is 80.4 Å². The van der Waals surface area contributed by atoms with Crippen LogP contribution in [0.25, 0.3) is 11.3 Å². The van der Waals surface area contributed by atoms with Crippen LogP contribution in [0.2, 0.25) is 0 Å². The van der Waals surface area contributed by atoms with Gasteiger partial charge in [-0.2, -0.15) is 5.10 Å². The Balaban J connectivity index is 2.56. The van der Waals surface area contributed by atoms with Crippen molar-refractivity contribution in [3.05, 3.63) is 30.5 Å². The van der Waals surface area contributed by atoms with Crippen molar-refractivity contribution in [2.24, 2.45) is 7.05 Å². The molecule has 0 saturated carbocycles. The summed E-state index contributed by atoms with van der Waals surface area (Å²) >= 11 is 0. The van der Waals surface area contributed by atoms with E-state index in [0.29, 0.717) is 11.4 Å². The van der Waals surface area contributed by atoms with Crippen molar-refractivity contribution in [3.8, 4) is 11.3 Å². The molecule has 0 aromatic carbocycles. The molecular formula is C9H8N4O. The second-order valence-electron chi connectivity index (χ2n) is 2.81. The predicted molar refractivity (Wildman–Crippen MR) is 49.6 cm³/mol. The van der Waals surface area contributed by atoms with Crippen molar-refractivity contribution in [1.29, 1.82) is 0 Å². The van der Waals surface area contributed by atoms with Gasteiger partial charge in [-0.15, -0.1) is 0 Å². The topological polar surface area (TPSA) is 60.7 Å². The van der Waals surface area contributed by atoms with Crippen LogP contribution in [-0.2, 0) is 7.05 Å². The Hall–Kier alpha value is -2.04. The molecule has 0 radical (unpaired) electrons. The number of hydrogen-bond acceptors (Lipinski definition) is 4. The van der Waals surface area contributed by atoms with Gasteiger partial charge in [0.15, 0.2) is 6.29 Å². The molecular weight excluding hydrogens is 180 g/mol. The van der Waals surface area contributed by atoms with Gasteiger partial charge in [-0.3, -0.25) is 9.48 Å². The molecule has 0 fully saturated rings. The highest BCUT2D eigenvalue weighted by Gasteiger charge is 2.09. The molecule has 70 valence electrons. The van der Waals surface area contributed by atoms with Crippen molar-refractivity contribution >= 4 is 6.29 Å². The molecule has 5 nitrogen and oxygen atoms in total. The number of aryl methyl sites for hydroxylation is 1. The lowest BCUT2D eigenvalue weighted by Crippen LogP contribution is -1.89. The summed E-state index contributed by atoms with van der Waals surface area (Å²) < 4.78 is 1.58. The Kier molecular flexibility index (Phi) is 2.06. The fourth-order valence-corrected chi connectivity index (χ4v) is 1.24. The van der Waals surface area contributed by atoms with E-state index in [0.717, 1.165) is 11.8 Å². The van der Waals surface area contributed by atoms with E-state index in [4.69, 9.17) is 0 Å². The van der Waals surface area contributed by atoms with Crippen molar-refractivity contribution in [1.82, 2.24) is 19.7 Å². The second kappa shape index (κ2) is 3.37. The summed E-state index contributed by atoms with van der Waals surface area (Å²) in [7, 11) is 1.76. The lowest BCUT2D eigenvalue weighted by molar-refractivity contribution is 0.111. The van der Waals surface area contributed by atoms with Crippen LogP contribution >= 0.6 is 0 Å². The van der Waals surface area contributed by atoms with E-state index in [1.54, 1.807) is 30.2 Å². The largest absolute Gasteiger partial charge is 0.296 e. The number of hydrogen-bond donors (Lipinski definition) is 0. The summed E-state index contributed by atoms with van der Waals surface area (Å²) in [6.45, 7) is 0. The van der Waals surface area contributed by atoms with Gasteiger partial charge in [0.05, 0.1) is 5.69 Å². The Morgan fingerprint density at radius 3 is 3.00 bits per heavy atom. The van der Waals surface area contributed by atoms with Crippen LogP contribution < -0.4 is 0 Å². The highest BCUT2D eigenvalue weighted by Crippen LogP contribution is 2.17. The summed E-state index contributed by atoms with van der Waals surface area (Å²) in [6, 6.07) is 1.74. The van der Waals surface area contributed by atoms with Crippen LogP contribution in [0, 0.1) is 0 Å².